The van der Waals surface area contributed by atoms with Crippen LogP contribution in [0.25, 0.3) is 0 Å². The zero-order valence-corrected chi connectivity index (χ0v) is 13.2. The zero-order chi connectivity index (χ0) is 17.0. The normalized spacial score (nSPS) is 31.3. The lowest BCUT2D eigenvalue weighted by molar-refractivity contribution is -0.149. The van der Waals surface area contributed by atoms with Gasteiger partial charge < -0.3 is 4.42 Å². The molecule has 2 amide bonds. The summed E-state index contributed by atoms with van der Waals surface area (Å²) in [5.74, 6) is -2.41. The van der Waals surface area contributed by atoms with E-state index in [-0.39, 0.29) is 5.76 Å². The molecule has 23 heavy (non-hydrogen) atoms. The van der Waals surface area contributed by atoms with Crippen molar-refractivity contribution in [3.63, 3.8) is 0 Å². The van der Waals surface area contributed by atoms with Gasteiger partial charge >= 0.3 is 5.91 Å². The highest BCUT2D eigenvalue weighted by atomic mass is 16.3. The Morgan fingerprint density at radius 3 is 2.30 bits per heavy atom. The van der Waals surface area contributed by atoms with Gasteiger partial charge in [-0.05, 0) is 30.4 Å². The number of hydrazine groups is 1. The molecule has 2 aliphatic carbocycles. The van der Waals surface area contributed by atoms with E-state index in [0.29, 0.717) is 12.8 Å². The van der Waals surface area contributed by atoms with Gasteiger partial charge in [0.2, 0.25) is 11.6 Å². The lowest BCUT2D eigenvalue weighted by Gasteiger charge is -2.36. The van der Waals surface area contributed by atoms with E-state index in [1.54, 1.807) is 26.8 Å². The molecule has 0 saturated heterocycles. The molecule has 2 N–H and O–H groups in total. The Hall–Kier alpha value is -2.44. The van der Waals surface area contributed by atoms with E-state index in [1.807, 2.05) is 0 Å². The monoisotopic (exact) mass is 318 g/mol. The summed E-state index contributed by atoms with van der Waals surface area (Å²) in [6, 6.07) is 2.99. The van der Waals surface area contributed by atoms with Crippen LogP contribution in [0, 0.1) is 16.2 Å². The summed E-state index contributed by atoms with van der Waals surface area (Å²) in [5.41, 5.74) is 1.42. The largest absolute Gasteiger partial charge is 0.459 e. The van der Waals surface area contributed by atoms with Gasteiger partial charge in [0.1, 0.15) is 5.41 Å². The van der Waals surface area contributed by atoms with Crippen LogP contribution in [0.1, 0.15) is 44.2 Å². The fraction of sp³-hybridized carbons (Fsp3) is 0.500. The Bertz CT molecular complexity index is 721. The lowest BCUT2D eigenvalue weighted by Crippen LogP contribution is -2.55. The number of nitrogens with one attached hydrogen (secondary N) is 2. The van der Waals surface area contributed by atoms with E-state index in [0.717, 1.165) is 0 Å². The molecule has 122 valence electrons. The summed E-state index contributed by atoms with van der Waals surface area (Å²) in [6.07, 6.45) is 2.10. The Morgan fingerprint density at radius 1 is 1.09 bits per heavy atom. The van der Waals surface area contributed by atoms with Crippen LogP contribution in [-0.4, -0.2) is 23.4 Å². The summed E-state index contributed by atoms with van der Waals surface area (Å²) in [4.78, 5) is 49.3. The van der Waals surface area contributed by atoms with Crippen molar-refractivity contribution in [1.29, 1.82) is 0 Å². The third-order valence-electron chi connectivity index (χ3n) is 5.96. The van der Waals surface area contributed by atoms with Gasteiger partial charge in [-0.2, -0.15) is 0 Å². The molecule has 2 atom stereocenters. The number of hydrogen-bond acceptors (Lipinski definition) is 5. The predicted molar refractivity (Wildman–Crippen MR) is 77.9 cm³/mol. The third kappa shape index (κ3) is 1.64. The fourth-order valence-corrected chi connectivity index (χ4v) is 3.96. The SMILES string of the molecule is CC12CCC(C(=O)NNC(=O)c3ccco3)(C(=O)C1=O)C2(C)C. The summed E-state index contributed by atoms with van der Waals surface area (Å²) in [6.45, 7) is 5.25. The first-order chi connectivity index (χ1) is 10.7. The van der Waals surface area contributed by atoms with E-state index < -0.39 is 39.6 Å². The predicted octanol–water partition coefficient (Wildman–Crippen LogP) is 1.01. The van der Waals surface area contributed by atoms with Crippen molar-refractivity contribution in [1.82, 2.24) is 10.9 Å². The van der Waals surface area contributed by atoms with E-state index in [9.17, 15) is 19.2 Å². The van der Waals surface area contributed by atoms with Crippen LogP contribution < -0.4 is 10.9 Å². The second-order valence-electron chi connectivity index (χ2n) is 6.91. The minimum absolute atomic E-state index is 0.0344. The van der Waals surface area contributed by atoms with Crippen LogP contribution >= 0.6 is 0 Å². The molecule has 0 spiro atoms. The molecule has 2 unspecified atom stereocenters. The maximum atomic E-state index is 12.7. The Morgan fingerprint density at radius 2 is 1.78 bits per heavy atom. The van der Waals surface area contributed by atoms with Crippen LogP contribution in [0.15, 0.2) is 22.8 Å². The molecule has 2 saturated carbocycles. The molecule has 0 aromatic carbocycles. The summed E-state index contributed by atoms with van der Waals surface area (Å²) < 4.78 is 4.92. The second-order valence-corrected chi connectivity index (χ2v) is 6.91. The van der Waals surface area contributed by atoms with Crippen molar-refractivity contribution in [2.45, 2.75) is 33.6 Å². The molecule has 1 aromatic rings. The summed E-state index contributed by atoms with van der Waals surface area (Å²) in [5, 5.41) is 0. The Labute approximate surface area is 132 Å². The minimum atomic E-state index is -1.44. The molecule has 2 aliphatic rings. The molecule has 3 rings (SSSR count). The van der Waals surface area contributed by atoms with Gasteiger partial charge in [0.25, 0.3) is 5.91 Å². The van der Waals surface area contributed by atoms with Crippen LogP contribution in [0.5, 0.6) is 0 Å². The van der Waals surface area contributed by atoms with E-state index in [2.05, 4.69) is 10.9 Å². The number of Topliss-reactive ketones (excluding diaryl/α,β-unsaturated/α-hetero) is 2. The van der Waals surface area contributed by atoms with Gasteiger partial charge in [-0.1, -0.05) is 20.8 Å². The van der Waals surface area contributed by atoms with Crippen molar-refractivity contribution in [3.05, 3.63) is 24.2 Å². The zero-order valence-electron chi connectivity index (χ0n) is 13.2. The first kappa shape index (κ1) is 15.5. The minimum Gasteiger partial charge on any atom is -0.459 e. The quantitative estimate of drug-likeness (QED) is 0.481. The molecule has 1 heterocycles. The topological polar surface area (TPSA) is 105 Å². The van der Waals surface area contributed by atoms with Crippen molar-refractivity contribution in [2.75, 3.05) is 0 Å². The summed E-state index contributed by atoms with van der Waals surface area (Å²) >= 11 is 0. The number of carbonyl (C=O) groups is 4. The standard InChI is InChI=1S/C16H18N2O5/c1-14(2)15(3)6-7-16(14,11(20)10(15)19)13(22)18-17-12(21)9-5-4-8-23-9/h4-5,8H,6-7H2,1-3H3,(H,17,21)(H,18,22). The molecule has 7 heteroatoms. The third-order valence-corrected chi connectivity index (χ3v) is 5.96. The van der Waals surface area contributed by atoms with Crippen LogP contribution in [0.2, 0.25) is 0 Å². The molecule has 0 radical (unpaired) electrons. The molecular formula is C16H18N2O5. The van der Waals surface area contributed by atoms with E-state index in [4.69, 9.17) is 4.42 Å². The average Bonchev–Trinajstić information content (AvgIpc) is 3.13. The van der Waals surface area contributed by atoms with Crippen LogP contribution in [-0.2, 0) is 14.4 Å². The average molecular weight is 318 g/mol. The van der Waals surface area contributed by atoms with E-state index in [1.165, 1.54) is 12.3 Å². The first-order valence-electron chi connectivity index (χ1n) is 7.42. The maximum absolute atomic E-state index is 12.7. The number of hydrogen-bond donors (Lipinski definition) is 2. The van der Waals surface area contributed by atoms with Gasteiger partial charge in [-0.25, -0.2) is 0 Å². The highest BCUT2D eigenvalue weighted by molar-refractivity contribution is 6.48. The van der Waals surface area contributed by atoms with Crippen LogP contribution in [0.4, 0.5) is 0 Å². The lowest BCUT2D eigenvalue weighted by atomic mass is 9.64. The molecule has 7 nitrogen and oxygen atoms in total. The highest BCUT2D eigenvalue weighted by Gasteiger charge is 2.77. The van der Waals surface area contributed by atoms with Crippen molar-refractivity contribution >= 4 is 23.4 Å². The van der Waals surface area contributed by atoms with E-state index >= 15 is 0 Å². The highest BCUT2D eigenvalue weighted by Crippen LogP contribution is 2.68. The molecule has 0 aliphatic heterocycles. The molecule has 2 fully saturated rings. The van der Waals surface area contributed by atoms with Crippen LogP contribution in [0.3, 0.4) is 0 Å². The number of carbonyl (C=O) groups excluding carboxylic acids is 4. The number of ketones is 2. The van der Waals surface area contributed by atoms with Gasteiger partial charge in [0, 0.05) is 5.41 Å². The van der Waals surface area contributed by atoms with Crippen molar-refractivity contribution < 1.29 is 23.6 Å². The summed E-state index contributed by atoms with van der Waals surface area (Å²) in [7, 11) is 0. The van der Waals surface area contributed by atoms with Gasteiger partial charge in [0.05, 0.1) is 6.26 Å². The Balaban J connectivity index is 1.83. The van der Waals surface area contributed by atoms with Crippen molar-refractivity contribution in [2.24, 2.45) is 16.2 Å². The number of rotatable bonds is 2. The number of fused-ring (bicyclic) bond motifs is 2. The maximum Gasteiger partial charge on any atom is 0.305 e. The molecule has 2 bridgehead atoms. The first-order valence-corrected chi connectivity index (χ1v) is 7.42. The Kier molecular flexibility index (Phi) is 3.05. The molecule has 1 aromatic heterocycles. The second kappa shape index (κ2) is 4.53. The number of amides is 2. The fourth-order valence-electron chi connectivity index (χ4n) is 3.96. The molecular weight excluding hydrogens is 300 g/mol. The van der Waals surface area contributed by atoms with Gasteiger partial charge in [-0.3, -0.25) is 30.0 Å². The number of furan rings is 1. The van der Waals surface area contributed by atoms with Gasteiger partial charge in [-0.15, -0.1) is 0 Å². The van der Waals surface area contributed by atoms with Gasteiger partial charge in [0.15, 0.2) is 5.76 Å². The van der Waals surface area contributed by atoms with Crippen molar-refractivity contribution in [3.8, 4) is 0 Å². The smallest absolute Gasteiger partial charge is 0.305 e.